The van der Waals surface area contributed by atoms with Crippen molar-refractivity contribution in [3.63, 3.8) is 0 Å². The molecule has 0 amide bonds. The lowest BCUT2D eigenvalue weighted by Crippen LogP contribution is -2.70. The van der Waals surface area contributed by atoms with Crippen LogP contribution in [0.2, 0.25) is 0 Å². The van der Waals surface area contributed by atoms with Crippen LogP contribution in [0.25, 0.3) is 0 Å². The Balaban J connectivity index is 1.67. The minimum atomic E-state index is -0.849. The van der Waals surface area contributed by atoms with Gasteiger partial charge in [-0.2, -0.15) is 0 Å². The van der Waals surface area contributed by atoms with E-state index in [4.69, 9.17) is 9.47 Å². The van der Waals surface area contributed by atoms with Crippen molar-refractivity contribution in [2.75, 3.05) is 27.3 Å². The number of aliphatic hydroxyl groups is 1. The molecular weight excluding hydrogens is 390 g/mol. The molecule has 31 heavy (non-hydrogen) atoms. The van der Waals surface area contributed by atoms with E-state index in [-0.39, 0.29) is 27.8 Å². The third kappa shape index (κ3) is 1.79. The minimum absolute atomic E-state index is 0.0239. The lowest BCUT2D eigenvalue weighted by molar-refractivity contribution is -0.166. The van der Waals surface area contributed by atoms with Crippen LogP contribution in [-0.2, 0) is 16.6 Å². The zero-order valence-electron chi connectivity index (χ0n) is 19.2. The zero-order chi connectivity index (χ0) is 22.0. The first-order chi connectivity index (χ1) is 14.7. The van der Waals surface area contributed by atoms with Crippen LogP contribution in [0, 0.1) is 16.7 Å². The number of likely N-dealkylation sites (tertiary alicyclic amines) is 1. The van der Waals surface area contributed by atoms with Gasteiger partial charge in [-0.1, -0.05) is 12.1 Å². The molecule has 1 saturated heterocycles. The third-order valence-corrected chi connectivity index (χ3v) is 10.5. The number of ether oxygens (including phenoxy) is 2. The molecular formula is C26H35NO4. The highest BCUT2D eigenvalue weighted by molar-refractivity contribution is 5.63. The van der Waals surface area contributed by atoms with E-state index in [0.29, 0.717) is 17.5 Å². The largest absolute Gasteiger partial charge is 0.504 e. The molecule has 0 aromatic heterocycles. The molecule has 5 nitrogen and oxygen atoms in total. The first-order valence-electron chi connectivity index (χ1n) is 11.7. The number of aromatic hydroxyl groups is 1. The molecule has 2 N–H and O–H groups in total. The number of phenols is 1. The fourth-order valence-electron chi connectivity index (χ4n) is 9.84. The summed E-state index contributed by atoms with van der Waals surface area (Å²) < 4.78 is 11.9. The van der Waals surface area contributed by atoms with Crippen LogP contribution in [0.4, 0.5) is 0 Å². The third-order valence-electron chi connectivity index (χ3n) is 10.5. The second-order valence-corrected chi connectivity index (χ2v) is 11.3. The molecule has 4 saturated carbocycles. The van der Waals surface area contributed by atoms with Gasteiger partial charge < -0.3 is 19.7 Å². The van der Waals surface area contributed by atoms with Gasteiger partial charge in [-0.05, 0) is 69.5 Å². The highest BCUT2D eigenvalue weighted by atomic mass is 16.5. The van der Waals surface area contributed by atoms with Crippen LogP contribution < -0.4 is 4.74 Å². The quantitative estimate of drug-likeness (QED) is 0.708. The van der Waals surface area contributed by atoms with Crippen molar-refractivity contribution >= 4 is 0 Å². The van der Waals surface area contributed by atoms with Gasteiger partial charge in [0.05, 0.1) is 18.3 Å². The number of nitrogens with zero attached hydrogens (tertiary/aromatic N) is 1. The zero-order valence-corrected chi connectivity index (χ0v) is 19.2. The maximum Gasteiger partial charge on any atom is 0.161 e. The van der Waals surface area contributed by atoms with Gasteiger partial charge in [0.2, 0.25) is 0 Å². The van der Waals surface area contributed by atoms with Gasteiger partial charge in [0.25, 0.3) is 0 Å². The number of rotatable bonds is 5. The fourth-order valence-corrected chi connectivity index (χ4v) is 9.84. The summed E-state index contributed by atoms with van der Waals surface area (Å²) >= 11 is 0. The smallest absolute Gasteiger partial charge is 0.161 e. The Morgan fingerprint density at radius 1 is 1.26 bits per heavy atom. The number of piperidine rings is 1. The first kappa shape index (κ1) is 20.1. The molecule has 0 radical (unpaired) electrons. The molecule has 1 spiro atoms. The number of fused-ring (bicyclic) bond motifs is 2. The highest BCUT2D eigenvalue weighted by Gasteiger charge is 2.97. The monoisotopic (exact) mass is 425 g/mol. The van der Waals surface area contributed by atoms with Crippen LogP contribution >= 0.6 is 0 Å². The molecule has 6 bridgehead atoms. The maximum atomic E-state index is 11.6. The number of methoxy groups -OCH3 is 2. The second kappa shape index (κ2) is 5.67. The van der Waals surface area contributed by atoms with E-state index in [1.165, 1.54) is 5.56 Å². The number of benzene rings is 1. The van der Waals surface area contributed by atoms with Gasteiger partial charge in [0.15, 0.2) is 11.5 Å². The van der Waals surface area contributed by atoms with Crippen LogP contribution in [0.5, 0.6) is 11.5 Å². The van der Waals surface area contributed by atoms with Crippen LogP contribution in [-0.4, -0.2) is 59.7 Å². The van der Waals surface area contributed by atoms with Crippen molar-refractivity contribution in [1.82, 2.24) is 4.90 Å². The predicted molar refractivity (Wildman–Crippen MR) is 118 cm³/mol. The Labute approximate surface area is 185 Å². The summed E-state index contributed by atoms with van der Waals surface area (Å²) in [6.07, 6.45) is 6.93. The average molecular weight is 426 g/mol. The Hall–Kier alpha value is -1.56. The van der Waals surface area contributed by atoms with Gasteiger partial charge in [-0.3, -0.25) is 4.90 Å². The van der Waals surface area contributed by atoms with Crippen molar-refractivity contribution in [1.29, 1.82) is 0 Å². The van der Waals surface area contributed by atoms with E-state index in [1.54, 1.807) is 7.11 Å². The number of phenolic OH excluding ortho intramolecular Hbond substituents is 1. The predicted octanol–water partition coefficient (Wildman–Crippen LogP) is 3.41. The summed E-state index contributed by atoms with van der Waals surface area (Å²) in [5.41, 5.74) is 0.702. The molecule has 168 valence electrons. The van der Waals surface area contributed by atoms with Gasteiger partial charge in [-0.15, -0.1) is 6.58 Å². The van der Waals surface area contributed by atoms with E-state index >= 15 is 0 Å². The topological polar surface area (TPSA) is 62.2 Å². The number of hydrogen-bond acceptors (Lipinski definition) is 5. The summed E-state index contributed by atoms with van der Waals surface area (Å²) in [4.78, 5) is 2.61. The fraction of sp³-hybridized carbons (Fsp3) is 0.692. The molecule has 1 aliphatic heterocycles. The molecule has 5 heteroatoms. The van der Waals surface area contributed by atoms with Gasteiger partial charge >= 0.3 is 0 Å². The first-order valence-corrected chi connectivity index (χ1v) is 11.7. The Morgan fingerprint density at radius 2 is 2.03 bits per heavy atom. The van der Waals surface area contributed by atoms with Crippen molar-refractivity contribution in [2.24, 2.45) is 16.7 Å². The molecule has 0 unspecified atom stereocenters. The Morgan fingerprint density at radius 3 is 2.68 bits per heavy atom. The van der Waals surface area contributed by atoms with Crippen LogP contribution in [0.15, 0.2) is 24.8 Å². The summed E-state index contributed by atoms with van der Waals surface area (Å²) in [6.45, 7) is 9.85. The average Bonchev–Trinajstić information content (AvgIpc) is 3.27. The normalized spacial score (nSPS) is 44.4. The lowest BCUT2D eigenvalue weighted by atomic mass is 9.43. The molecule has 5 aliphatic carbocycles. The van der Waals surface area contributed by atoms with Crippen molar-refractivity contribution in [3.05, 3.63) is 35.9 Å². The molecule has 6 atom stereocenters. The summed E-state index contributed by atoms with van der Waals surface area (Å²) in [5.74, 6) is 1.07. The van der Waals surface area contributed by atoms with Gasteiger partial charge in [0, 0.05) is 42.0 Å². The summed E-state index contributed by atoms with van der Waals surface area (Å²) in [5, 5.41) is 23.1. The van der Waals surface area contributed by atoms with Crippen molar-refractivity contribution < 1.29 is 19.7 Å². The van der Waals surface area contributed by atoms with E-state index < -0.39 is 5.60 Å². The standard InChI is InChI=1S/C26H35NO4/c1-6-12-27-13-11-24-19-16(7-8-17(30-4)20(19)28)14-18(27)23(24)9-10-26(31-5)21(24)25(26,15-23)22(2,3)29/h6-8,18,21,28-29H,1,9-15H2,2-5H3/t18-,21+,23-,24+,25-,26+/m1/s1. The van der Waals surface area contributed by atoms with Crippen molar-refractivity contribution in [2.45, 2.75) is 68.6 Å². The minimum Gasteiger partial charge on any atom is -0.504 e. The molecule has 1 aromatic rings. The molecule has 1 aromatic carbocycles. The van der Waals surface area contributed by atoms with Crippen LogP contribution in [0.3, 0.4) is 0 Å². The van der Waals surface area contributed by atoms with E-state index in [9.17, 15) is 10.2 Å². The van der Waals surface area contributed by atoms with E-state index in [1.807, 2.05) is 33.1 Å². The summed E-state index contributed by atoms with van der Waals surface area (Å²) in [7, 11) is 3.46. The summed E-state index contributed by atoms with van der Waals surface area (Å²) in [6, 6.07) is 4.46. The SMILES string of the molecule is C=CCN1CC[C@@]23c4c(ccc(OC)c4O)C[C@@H]1[C@]21CC[C@]2(OC)[C@@H]3[C@@]2(C(C)(C)O)C1. The lowest BCUT2D eigenvalue weighted by Gasteiger charge is -2.67. The van der Waals surface area contributed by atoms with Crippen molar-refractivity contribution in [3.8, 4) is 11.5 Å². The highest BCUT2D eigenvalue weighted by Crippen LogP contribution is 2.93. The van der Waals surface area contributed by atoms with Gasteiger partial charge in [0.1, 0.15) is 0 Å². The molecule has 6 aliphatic rings. The molecule has 5 fully saturated rings. The van der Waals surface area contributed by atoms with E-state index in [2.05, 4.69) is 17.5 Å². The number of hydrogen-bond donors (Lipinski definition) is 2. The van der Waals surface area contributed by atoms with Gasteiger partial charge in [-0.25, -0.2) is 0 Å². The maximum absolute atomic E-state index is 11.6. The molecule has 1 heterocycles. The molecule has 7 rings (SSSR count). The Kier molecular flexibility index (Phi) is 3.67. The Bertz CT molecular complexity index is 984. The van der Waals surface area contributed by atoms with E-state index in [0.717, 1.165) is 50.8 Å². The second-order valence-electron chi connectivity index (χ2n) is 11.3. The van der Waals surface area contributed by atoms with Crippen LogP contribution in [0.1, 0.15) is 50.7 Å².